The maximum atomic E-state index is 10.8. The van der Waals surface area contributed by atoms with Crippen LogP contribution in [-0.2, 0) is 6.42 Å². The molecule has 80 valence electrons. The Balaban J connectivity index is 2.31. The summed E-state index contributed by atoms with van der Waals surface area (Å²) in [5, 5.41) is 10.8. The third kappa shape index (κ3) is 2.23. The maximum Gasteiger partial charge on any atom is 0.272 e. The summed E-state index contributed by atoms with van der Waals surface area (Å²) < 4.78 is 0. The van der Waals surface area contributed by atoms with Gasteiger partial charge in [0.15, 0.2) is 0 Å². The van der Waals surface area contributed by atoms with Crippen LogP contribution in [0.2, 0.25) is 0 Å². The van der Waals surface area contributed by atoms with Crippen molar-refractivity contribution < 1.29 is 4.92 Å². The highest BCUT2D eigenvalue weighted by atomic mass is 16.6. The normalized spacial score (nSPS) is 10.0. The van der Waals surface area contributed by atoms with Crippen LogP contribution in [0.1, 0.15) is 11.1 Å². The Kier molecular flexibility index (Phi) is 2.91. The van der Waals surface area contributed by atoms with Gasteiger partial charge in [-0.15, -0.1) is 0 Å². The fourth-order valence-electron chi connectivity index (χ4n) is 1.56. The minimum Gasteiger partial charge on any atom is -0.265 e. The van der Waals surface area contributed by atoms with E-state index in [4.69, 9.17) is 0 Å². The van der Waals surface area contributed by atoms with Crippen molar-refractivity contribution in [2.75, 3.05) is 0 Å². The number of nitro groups is 1. The van der Waals surface area contributed by atoms with E-state index in [1.165, 1.54) is 6.07 Å². The molecule has 1 aromatic carbocycles. The predicted octanol–water partition coefficient (Wildman–Crippen LogP) is 2.58. The number of aromatic nitrogens is 1. The van der Waals surface area contributed by atoms with E-state index >= 15 is 0 Å². The Hall–Kier alpha value is -2.23. The molecule has 0 fully saturated rings. The molecule has 0 saturated heterocycles. The van der Waals surface area contributed by atoms with Crippen molar-refractivity contribution >= 4 is 5.69 Å². The lowest BCUT2D eigenvalue weighted by Gasteiger charge is -2.02. The maximum absolute atomic E-state index is 10.8. The van der Waals surface area contributed by atoms with Gasteiger partial charge in [0.2, 0.25) is 0 Å². The van der Waals surface area contributed by atoms with Crippen molar-refractivity contribution in [3.05, 3.63) is 70.0 Å². The number of hydrogen-bond donors (Lipinski definition) is 0. The van der Waals surface area contributed by atoms with Gasteiger partial charge in [-0.2, -0.15) is 0 Å². The topological polar surface area (TPSA) is 56.0 Å². The van der Waals surface area contributed by atoms with Crippen molar-refractivity contribution in [3.8, 4) is 0 Å². The van der Waals surface area contributed by atoms with Gasteiger partial charge >= 0.3 is 0 Å². The first kappa shape index (κ1) is 10.3. The Morgan fingerprint density at radius 2 is 1.81 bits per heavy atom. The summed E-state index contributed by atoms with van der Waals surface area (Å²) in [4.78, 5) is 14.4. The van der Waals surface area contributed by atoms with E-state index in [1.54, 1.807) is 24.5 Å². The number of nitro benzene ring substituents is 1. The number of pyridine rings is 1. The fourth-order valence-corrected chi connectivity index (χ4v) is 1.56. The summed E-state index contributed by atoms with van der Waals surface area (Å²) in [6.07, 6.45) is 3.92. The van der Waals surface area contributed by atoms with Crippen LogP contribution < -0.4 is 0 Å². The second-order valence-corrected chi connectivity index (χ2v) is 3.42. The van der Waals surface area contributed by atoms with Crippen molar-refractivity contribution in [2.45, 2.75) is 6.42 Å². The summed E-state index contributed by atoms with van der Waals surface area (Å²) in [7, 11) is 0. The minimum absolute atomic E-state index is 0.166. The predicted molar refractivity (Wildman–Crippen MR) is 60.1 cm³/mol. The second-order valence-electron chi connectivity index (χ2n) is 3.42. The van der Waals surface area contributed by atoms with Crippen LogP contribution in [0.25, 0.3) is 0 Å². The standard InChI is InChI=1S/C12H10N2O2/c15-14(16)12-4-2-1-3-11(12)9-10-5-7-13-8-6-10/h1-8H,9H2. The Bertz CT molecular complexity index is 497. The molecule has 0 amide bonds. The highest BCUT2D eigenvalue weighted by molar-refractivity contribution is 5.42. The highest BCUT2D eigenvalue weighted by Gasteiger charge is 2.11. The molecule has 0 bridgehead atoms. The lowest BCUT2D eigenvalue weighted by Crippen LogP contribution is -1.96. The molecule has 4 heteroatoms. The third-order valence-corrected chi connectivity index (χ3v) is 2.33. The van der Waals surface area contributed by atoms with Crippen LogP contribution >= 0.6 is 0 Å². The van der Waals surface area contributed by atoms with Gasteiger partial charge in [-0.1, -0.05) is 18.2 Å². The largest absolute Gasteiger partial charge is 0.272 e. The number of benzene rings is 1. The Morgan fingerprint density at radius 1 is 1.12 bits per heavy atom. The monoisotopic (exact) mass is 214 g/mol. The van der Waals surface area contributed by atoms with E-state index in [2.05, 4.69) is 4.98 Å². The summed E-state index contributed by atoms with van der Waals surface area (Å²) in [5.41, 5.74) is 1.90. The molecule has 2 aromatic rings. The van der Waals surface area contributed by atoms with Crippen LogP contribution in [0.5, 0.6) is 0 Å². The quantitative estimate of drug-likeness (QED) is 0.582. The van der Waals surface area contributed by atoms with Gasteiger partial charge in [-0.05, 0) is 17.7 Å². The van der Waals surface area contributed by atoms with Crippen LogP contribution in [-0.4, -0.2) is 9.91 Å². The van der Waals surface area contributed by atoms with Gasteiger partial charge in [0.05, 0.1) is 4.92 Å². The average molecular weight is 214 g/mol. The second kappa shape index (κ2) is 4.53. The molecule has 0 spiro atoms. The summed E-state index contributed by atoms with van der Waals surface area (Å²) >= 11 is 0. The Labute approximate surface area is 92.7 Å². The van der Waals surface area contributed by atoms with Crippen molar-refractivity contribution in [2.24, 2.45) is 0 Å². The molecule has 0 saturated carbocycles. The molecule has 1 aromatic heterocycles. The Morgan fingerprint density at radius 3 is 2.50 bits per heavy atom. The van der Waals surface area contributed by atoms with Gasteiger partial charge in [0.25, 0.3) is 5.69 Å². The van der Waals surface area contributed by atoms with Crippen LogP contribution in [0.4, 0.5) is 5.69 Å². The van der Waals surface area contributed by atoms with E-state index in [0.717, 1.165) is 11.1 Å². The van der Waals surface area contributed by atoms with E-state index in [1.807, 2.05) is 18.2 Å². The van der Waals surface area contributed by atoms with E-state index in [9.17, 15) is 10.1 Å². The van der Waals surface area contributed by atoms with Crippen molar-refractivity contribution in [1.82, 2.24) is 4.98 Å². The van der Waals surface area contributed by atoms with Crippen LogP contribution in [0.3, 0.4) is 0 Å². The molecule has 2 rings (SSSR count). The molecule has 0 aliphatic heterocycles. The van der Waals surface area contributed by atoms with Gasteiger partial charge in [-0.25, -0.2) is 0 Å². The smallest absolute Gasteiger partial charge is 0.265 e. The van der Waals surface area contributed by atoms with Crippen molar-refractivity contribution in [3.63, 3.8) is 0 Å². The molecule has 0 radical (unpaired) electrons. The third-order valence-electron chi connectivity index (χ3n) is 2.33. The molecular formula is C12H10N2O2. The number of nitrogens with zero attached hydrogens (tertiary/aromatic N) is 2. The van der Waals surface area contributed by atoms with Gasteiger partial charge in [-0.3, -0.25) is 15.1 Å². The molecule has 0 unspecified atom stereocenters. The SMILES string of the molecule is O=[N+]([O-])c1ccccc1Cc1ccncc1. The first-order valence-electron chi connectivity index (χ1n) is 4.88. The van der Waals surface area contributed by atoms with E-state index < -0.39 is 0 Å². The highest BCUT2D eigenvalue weighted by Crippen LogP contribution is 2.20. The molecule has 0 N–H and O–H groups in total. The molecule has 16 heavy (non-hydrogen) atoms. The lowest BCUT2D eigenvalue weighted by atomic mass is 10.0. The minimum atomic E-state index is -0.351. The van der Waals surface area contributed by atoms with E-state index in [-0.39, 0.29) is 10.6 Å². The fraction of sp³-hybridized carbons (Fsp3) is 0.0833. The number of hydrogen-bond acceptors (Lipinski definition) is 3. The van der Waals surface area contributed by atoms with Crippen LogP contribution in [0, 0.1) is 10.1 Å². The summed E-state index contributed by atoms with van der Waals surface area (Å²) in [6.45, 7) is 0. The number of para-hydroxylation sites is 1. The van der Waals surface area contributed by atoms with Gasteiger partial charge < -0.3 is 0 Å². The average Bonchev–Trinajstić information content (AvgIpc) is 2.31. The van der Waals surface area contributed by atoms with Gasteiger partial charge in [0.1, 0.15) is 0 Å². The van der Waals surface area contributed by atoms with Crippen LogP contribution in [0.15, 0.2) is 48.8 Å². The van der Waals surface area contributed by atoms with Crippen molar-refractivity contribution in [1.29, 1.82) is 0 Å². The van der Waals surface area contributed by atoms with Gasteiger partial charge in [0, 0.05) is 30.4 Å². The zero-order chi connectivity index (χ0) is 11.4. The summed E-state index contributed by atoms with van der Waals surface area (Å²) in [5.74, 6) is 0. The molecule has 0 atom stereocenters. The zero-order valence-corrected chi connectivity index (χ0v) is 8.54. The zero-order valence-electron chi connectivity index (χ0n) is 8.54. The summed E-state index contributed by atoms with van der Waals surface area (Å²) in [6, 6.07) is 10.5. The van der Waals surface area contributed by atoms with E-state index in [0.29, 0.717) is 6.42 Å². The first-order valence-corrected chi connectivity index (χ1v) is 4.88. The molecule has 0 aliphatic rings. The first-order chi connectivity index (χ1) is 7.77. The lowest BCUT2D eigenvalue weighted by molar-refractivity contribution is -0.385. The molecule has 1 heterocycles. The molecule has 4 nitrogen and oxygen atoms in total. The molecule has 0 aliphatic carbocycles. The molecular weight excluding hydrogens is 204 g/mol. The number of rotatable bonds is 3.